The van der Waals surface area contributed by atoms with Gasteiger partial charge in [0.25, 0.3) is 0 Å². The number of hydrazone groups is 1. The van der Waals surface area contributed by atoms with Gasteiger partial charge in [0.15, 0.2) is 5.11 Å². The molecule has 0 aromatic heterocycles. The summed E-state index contributed by atoms with van der Waals surface area (Å²) in [5.41, 5.74) is 5.94. The van der Waals surface area contributed by atoms with E-state index in [0.717, 1.165) is 12.8 Å². The van der Waals surface area contributed by atoms with Gasteiger partial charge in [-0.1, -0.05) is 35.9 Å². The van der Waals surface area contributed by atoms with Crippen LogP contribution in [0.2, 0.25) is 5.02 Å². The zero-order chi connectivity index (χ0) is 16.2. The molecule has 1 atom stereocenters. The van der Waals surface area contributed by atoms with Gasteiger partial charge in [-0.2, -0.15) is 5.10 Å². The molecule has 2 aromatic carbocycles. The maximum Gasteiger partial charge on any atom is 0.187 e. The van der Waals surface area contributed by atoms with E-state index in [0.29, 0.717) is 15.7 Å². The lowest BCUT2D eigenvalue weighted by atomic mass is 10.1. The molecular weight excluding hydrogens is 330 g/mol. The largest absolute Gasteiger partial charge is 0.507 e. The van der Waals surface area contributed by atoms with E-state index < -0.39 is 0 Å². The van der Waals surface area contributed by atoms with Crippen LogP contribution in [0.4, 0.5) is 0 Å². The number of nitrogens with one attached hydrogen (secondary N) is 2. The first-order valence-electron chi connectivity index (χ1n) is 7.29. The highest BCUT2D eigenvalue weighted by Crippen LogP contribution is 2.30. The van der Waals surface area contributed by atoms with Crippen molar-refractivity contribution < 1.29 is 5.11 Å². The highest BCUT2D eigenvalue weighted by Gasteiger charge is 2.22. The standard InChI is InChI=1S/C17H16ClN3OS/c18-13-6-8-16(22)12(9-13)10-19-21-17(23)20-15-7-5-11-3-1-2-4-14(11)15/h1-4,6,8-10,15,22H,5,7H2,(H2,20,21,23)/b19-10-/t15-/m0/s1. The average molecular weight is 346 g/mol. The van der Waals surface area contributed by atoms with E-state index in [1.54, 1.807) is 12.1 Å². The van der Waals surface area contributed by atoms with Crippen molar-refractivity contribution in [1.29, 1.82) is 0 Å². The van der Waals surface area contributed by atoms with E-state index in [-0.39, 0.29) is 11.8 Å². The summed E-state index contributed by atoms with van der Waals surface area (Å²) in [4.78, 5) is 0. The van der Waals surface area contributed by atoms with Gasteiger partial charge in [0.05, 0.1) is 12.3 Å². The van der Waals surface area contributed by atoms with E-state index in [1.165, 1.54) is 23.4 Å². The molecule has 0 spiro atoms. The van der Waals surface area contributed by atoms with Gasteiger partial charge in [-0.15, -0.1) is 0 Å². The van der Waals surface area contributed by atoms with Crippen molar-refractivity contribution in [3.63, 3.8) is 0 Å². The van der Waals surface area contributed by atoms with E-state index >= 15 is 0 Å². The van der Waals surface area contributed by atoms with Gasteiger partial charge < -0.3 is 10.4 Å². The fourth-order valence-corrected chi connectivity index (χ4v) is 3.06. The molecule has 0 unspecified atom stereocenters. The first-order chi connectivity index (χ1) is 11.1. The molecule has 1 aliphatic carbocycles. The van der Waals surface area contributed by atoms with Gasteiger partial charge >= 0.3 is 0 Å². The van der Waals surface area contributed by atoms with Crippen molar-refractivity contribution in [3.05, 3.63) is 64.2 Å². The molecule has 0 saturated heterocycles. The van der Waals surface area contributed by atoms with Crippen LogP contribution in [0.25, 0.3) is 0 Å². The summed E-state index contributed by atoms with van der Waals surface area (Å²) in [6.07, 6.45) is 3.55. The Hall–Kier alpha value is -2.11. The SMILES string of the molecule is Oc1ccc(Cl)cc1/C=N\NC(=S)N[C@H]1CCc2ccccc21. The number of thiocarbonyl (C=S) groups is 1. The minimum Gasteiger partial charge on any atom is -0.507 e. The molecule has 6 heteroatoms. The van der Waals surface area contributed by atoms with Gasteiger partial charge in [-0.25, -0.2) is 0 Å². The Morgan fingerprint density at radius 3 is 3.00 bits per heavy atom. The van der Waals surface area contributed by atoms with Crippen molar-refractivity contribution >= 4 is 35.1 Å². The van der Waals surface area contributed by atoms with Crippen LogP contribution in [0.15, 0.2) is 47.6 Å². The zero-order valence-electron chi connectivity index (χ0n) is 12.3. The van der Waals surface area contributed by atoms with Crippen LogP contribution in [-0.4, -0.2) is 16.4 Å². The minimum absolute atomic E-state index is 0.114. The van der Waals surface area contributed by atoms with E-state index in [2.05, 4.69) is 34.0 Å². The number of aryl methyl sites for hydroxylation is 1. The van der Waals surface area contributed by atoms with E-state index in [1.807, 2.05) is 6.07 Å². The second-order valence-corrected chi connectivity index (χ2v) is 6.18. The number of nitrogens with zero attached hydrogens (tertiary/aromatic N) is 1. The molecule has 3 rings (SSSR count). The first kappa shape index (κ1) is 15.8. The maximum absolute atomic E-state index is 9.71. The Balaban J connectivity index is 1.58. The number of fused-ring (bicyclic) bond motifs is 1. The van der Waals surface area contributed by atoms with Crippen LogP contribution < -0.4 is 10.7 Å². The third-order valence-electron chi connectivity index (χ3n) is 3.80. The number of aromatic hydroxyl groups is 1. The highest BCUT2D eigenvalue weighted by atomic mass is 35.5. The summed E-state index contributed by atoms with van der Waals surface area (Å²) < 4.78 is 0. The Bertz CT molecular complexity index is 763. The molecule has 4 nitrogen and oxygen atoms in total. The number of rotatable bonds is 3. The van der Waals surface area contributed by atoms with Crippen molar-refractivity contribution in [3.8, 4) is 5.75 Å². The number of halogens is 1. The quantitative estimate of drug-likeness (QED) is 0.452. The second-order valence-electron chi connectivity index (χ2n) is 5.34. The lowest BCUT2D eigenvalue weighted by Gasteiger charge is -2.15. The van der Waals surface area contributed by atoms with Crippen molar-refractivity contribution in [2.45, 2.75) is 18.9 Å². The Morgan fingerprint density at radius 1 is 1.30 bits per heavy atom. The third-order valence-corrected chi connectivity index (χ3v) is 4.24. The van der Waals surface area contributed by atoms with Crippen molar-refractivity contribution in [2.24, 2.45) is 5.10 Å². The summed E-state index contributed by atoms with van der Waals surface area (Å²) in [5.74, 6) is 0.114. The molecule has 0 heterocycles. The third kappa shape index (κ3) is 3.81. The molecule has 0 fully saturated rings. The number of phenols is 1. The fraction of sp³-hybridized carbons (Fsp3) is 0.176. The predicted octanol–water partition coefficient (Wildman–Crippen LogP) is 3.53. The molecule has 2 aromatic rings. The van der Waals surface area contributed by atoms with Gasteiger partial charge in [0.1, 0.15) is 5.75 Å². The Kier molecular flexibility index (Phi) is 4.79. The van der Waals surface area contributed by atoms with Gasteiger partial charge in [0.2, 0.25) is 0 Å². The molecule has 23 heavy (non-hydrogen) atoms. The molecule has 0 aliphatic heterocycles. The molecule has 1 aliphatic rings. The molecular formula is C17H16ClN3OS. The van der Waals surface area contributed by atoms with Crippen LogP contribution in [-0.2, 0) is 6.42 Å². The van der Waals surface area contributed by atoms with Gasteiger partial charge in [0, 0.05) is 10.6 Å². The predicted molar refractivity (Wildman–Crippen MR) is 97.1 cm³/mol. The summed E-state index contributed by atoms with van der Waals surface area (Å²) in [7, 11) is 0. The summed E-state index contributed by atoms with van der Waals surface area (Å²) in [6, 6.07) is 13.3. The highest BCUT2D eigenvalue weighted by molar-refractivity contribution is 7.80. The summed E-state index contributed by atoms with van der Waals surface area (Å²) in [5, 5.41) is 18.0. The molecule has 118 valence electrons. The molecule has 0 amide bonds. The van der Waals surface area contributed by atoms with Crippen LogP contribution in [0.1, 0.15) is 29.2 Å². The molecule has 0 bridgehead atoms. The van der Waals surface area contributed by atoms with Crippen molar-refractivity contribution in [2.75, 3.05) is 0 Å². The molecule has 0 saturated carbocycles. The maximum atomic E-state index is 9.71. The lowest BCUT2D eigenvalue weighted by molar-refractivity contribution is 0.474. The van der Waals surface area contributed by atoms with Gasteiger partial charge in [-0.3, -0.25) is 5.43 Å². The fourth-order valence-electron chi connectivity index (χ4n) is 2.69. The van der Waals surface area contributed by atoms with Gasteiger partial charge in [-0.05, 0) is 54.4 Å². The summed E-state index contributed by atoms with van der Waals surface area (Å²) in [6.45, 7) is 0. The van der Waals surface area contributed by atoms with Crippen LogP contribution in [0.3, 0.4) is 0 Å². The summed E-state index contributed by atoms with van der Waals surface area (Å²) >= 11 is 11.2. The van der Waals surface area contributed by atoms with Crippen molar-refractivity contribution in [1.82, 2.24) is 10.7 Å². The number of hydrogen-bond donors (Lipinski definition) is 3. The monoisotopic (exact) mass is 345 g/mol. The van der Waals surface area contributed by atoms with E-state index in [4.69, 9.17) is 23.8 Å². The zero-order valence-corrected chi connectivity index (χ0v) is 13.9. The van der Waals surface area contributed by atoms with E-state index in [9.17, 15) is 5.11 Å². The number of hydrogen-bond acceptors (Lipinski definition) is 3. The minimum atomic E-state index is 0.114. The molecule has 0 radical (unpaired) electrons. The number of benzene rings is 2. The Labute approximate surface area is 145 Å². The smallest absolute Gasteiger partial charge is 0.187 e. The van der Waals surface area contributed by atoms with Crippen LogP contribution in [0.5, 0.6) is 5.75 Å². The second kappa shape index (κ2) is 6.98. The Morgan fingerprint density at radius 2 is 2.13 bits per heavy atom. The lowest BCUT2D eigenvalue weighted by Crippen LogP contribution is -2.34. The van der Waals surface area contributed by atoms with Crippen LogP contribution >= 0.6 is 23.8 Å². The van der Waals surface area contributed by atoms with Crippen LogP contribution in [0, 0.1) is 0 Å². The molecule has 3 N–H and O–H groups in total. The normalized spacial score (nSPS) is 16.3. The first-order valence-corrected chi connectivity index (χ1v) is 8.08. The average Bonchev–Trinajstić information content (AvgIpc) is 2.94. The number of phenolic OH excluding ortho intramolecular Hbond substituents is 1. The topological polar surface area (TPSA) is 56.7 Å².